The fraction of sp³-hybridized carbons (Fsp3) is 0.125. The highest BCUT2D eigenvalue weighted by molar-refractivity contribution is 9.10. The number of hydrogen-bond acceptors (Lipinski definition) is 3. The number of alkyl halides is 2. The van der Waals surface area contributed by atoms with Gasteiger partial charge in [0.15, 0.2) is 11.5 Å². The molecule has 1 aliphatic heterocycles. The summed E-state index contributed by atoms with van der Waals surface area (Å²) in [7, 11) is 0. The number of carboxylic acid groups (broad SMARTS) is 1. The number of ether oxygens (including phenoxy) is 2. The van der Waals surface area contributed by atoms with Crippen LogP contribution in [-0.4, -0.2) is 17.4 Å². The van der Waals surface area contributed by atoms with E-state index in [1.54, 1.807) is 0 Å². The third-order valence-corrected chi connectivity index (χ3v) is 2.40. The maximum Gasteiger partial charge on any atom is 0.586 e. The number of rotatable bonds is 1. The van der Waals surface area contributed by atoms with E-state index in [4.69, 9.17) is 5.11 Å². The van der Waals surface area contributed by atoms with Crippen LogP contribution in [0.4, 0.5) is 8.78 Å². The van der Waals surface area contributed by atoms with Crippen molar-refractivity contribution in [2.24, 2.45) is 0 Å². The molecule has 1 aliphatic rings. The van der Waals surface area contributed by atoms with E-state index in [1.165, 1.54) is 12.1 Å². The highest BCUT2D eigenvalue weighted by Gasteiger charge is 2.45. The maximum atomic E-state index is 12.7. The summed E-state index contributed by atoms with van der Waals surface area (Å²) in [5.74, 6) is -2.14. The molecule has 0 radical (unpaired) electrons. The lowest BCUT2D eigenvalue weighted by molar-refractivity contribution is -0.286. The molecule has 1 heterocycles. The van der Waals surface area contributed by atoms with E-state index in [1.807, 2.05) is 0 Å². The van der Waals surface area contributed by atoms with Crippen LogP contribution in [0.25, 0.3) is 0 Å². The smallest absolute Gasteiger partial charge is 0.478 e. The summed E-state index contributed by atoms with van der Waals surface area (Å²) in [4.78, 5) is 10.8. The van der Waals surface area contributed by atoms with E-state index in [-0.39, 0.29) is 15.8 Å². The summed E-state index contributed by atoms with van der Waals surface area (Å²) in [6.45, 7) is 0. The molecule has 2 rings (SSSR count). The van der Waals surface area contributed by atoms with E-state index in [2.05, 4.69) is 25.4 Å². The van der Waals surface area contributed by atoms with Gasteiger partial charge in [0.2, 0.25) is 0 Å². The Balaban J connectivity index is 2.60. The molecule has 4 nitrogen and oxygen atoms in total. The van der Waals surface area contributed by atoms with Crippen molar-refractivity contribution in [1.82, 2.24) is 0 Å². The zero-order chi connectivity index (χ0) is 11.2. The quantitative estimate of drug-likeness (QED) is 0.859. The maximum absolute atomic E-state index is 12.7. The SMILES string of the molecule is O=C(O)c1c(Br)ccc2c1OC(F)(F)O2. The molecule has 0 saturated carbocycles. The van der Waals surface area contributed by atoms with E-state index >= 15 is 0 Å². The largest absolute Gasteiger partial charge is 0.586 e. The van der Waals surface area contributed by atoms with Gasteiger partial charge in [0.1, 0.15) is 5.56 Å². The molecule has 1 aromatic rings. The lowest BCUT2D eigenvalue weighted by atomic mass is 10.2. The second-order valence-electron chi connectivity index (χ2n) is 2.72. The molecule has 80 valence electrons. The molecule has 0 atom stereocenters. The van der Waals surface area contributed by atoms with Crippen molar-refractivity contribution in [2.75, 3.05) is 0 Å². The third-order valence-electron chi connectivity index (χ3n) is 1.73. The van der Waals surface area contributed by atoms with Gasteiger partial charge in [-0.05, 0) is 28.1 Å². The number of carbonyl (C=O) groups is 1. The topological polar surface area (TPSA) is 55.8 Å². The van der Waals surface area contributed by atoms with Gasteiger partial charge in [-0.2, -0.15) is 0 Å². The van der Waals surface area contributed by atoms with Crippen LogP contribution < -0.4 is 9.47 Å². The first-order chi connectivity index (χ1) is 6.91. The predicted molar refractivity (Wildman–Crippen MR) is 47.3 cm³/mol. The van der Waals surface area contributed by atoms with Gasteiger partial charge in [0, 0.05) is 4.47 Å². The highest BCUT2D eigenvalue weighted by atomic mass is 79.9. The molecular formula is C8H3BrF2O4. The Morgan fingerprint density at radius 3 is 2.67 bits per heavy atom. The predicted octanol–water partition coefficient (Wildman–Crippen LogP) is 2.47. The number of carboxylic acids is 1. The van der Waals surface area contributed by atoms with Gasteiger partial charge in [-0.25, -0.2) is 4.79 Å². The fourth-order valence-corrected chi connectivity index (χ4v) is 1.67. The van der Waals surface area contributed by atoms with E-state index < -0.39 is 18.0 Å². The van der Waals surface area contributed by atoms with Crippen molar-refractivity contribution >= 4 is 21.9 Å². The number of benzene rings is 1. The minimum Gasteiger partial charge on any atom is -0.478 e. The van der Waals surface area contributed by atoms with Crippen molar-refractivity contribution in [1.29, 1.82) is 0 Å². The molecule has 1 N–H and O–H groups in total. The van der Waals surface area contributed by atoms with Crippen LogP contribution in [0.3, 0.4) is 0 Å². The lowest BCUT2D eigenvalue weighted by Crippen LogP contribution is -2.26. The molecule has 7 heteroatoms. The van der Waals surface area contributed by atoms with Crippen LogP contribution >= 0.6 is 15.9 Å². The van der Waals surface area contributed by atoms with Gasteiger partial charge < -0.3 is 14.6 Å². The number of aromatic carboxylic acids is 1. The molecule has 0 bridgehead atoms. The van der Waals surface area contributed by atoms with E-state index in [9.17, 15) is 13.6 Å². The number of fused-ring (bicyclic) bond motifs is 1. The zero-order valence-corrected chi connectivity index (χ0v) is 8.55. The van der Waals surface area contributed by atoms with Gasteiger partial charge in [-0.3, -0.25) is 0 Å². The first-order valence-electron chi connectivity index (χ1n) is 3.72. The highest BCUT2D eigenvalue weighted by Crippen LogP contribution is 2.45. The average molecular weight is 281 g/mol. The van der Waals surface area contributed by atoms with Gasteiger partial charge in [0.25, 0.3) is 0 Å². The second kappa shape index (κ2) is 3.06. The molecular weight excluding hydrogens is 278 g/mol. The summed E-state index contributed by atoms with van der Waals surface area (Å²) in [5.41, 5.74) is -0.385. The molecule has 1 aromatic carbocycles. The van der Waals surface area contributed by atoms with Gasteiger partial charge in [-0.1, -0.05) is 0 Å². The zero-order valence-electron chi connectivity index (χ0n) is 6.96. The minimum atomic E-state index is -3.81. The standard InChI is InChI=1S/C8H3BrF2O4/c9-3-1-2-4-6(5(3)7(12)13)15-8(10,11)14-4/h1-2H,(H,12,13). The summed E-state index contributed by atoms with van der Waals surface area (Å²) < 4.78 is 33.7. The van der Waals surface area contributed by atoms with Crippen molar-refractivity contribution in [2.45, 2.75) is 6.29 Å². The number of halogens is 3. The summed E-state index contributed by atoms with van der Waals surface area (Å²) in [5, 5.41) is 8.79. The summed E-state index contributed by atoms with van der Waals surface area (Å²) >= 11 is 2.93. The van der Waals surface area contributed by atoms with Crippen LogP contribution in [0.2, 0.25) is 0 Å². The van der Waals surface area contributed by atoms with Crippen LogP contribution in [0.15, 0.2) is 16.6 Å². The van der Waals surface area contributed by atoms with Crippen molar-refractivity contribution in [3.63, 3.8) is 0 Å². The van der Waals surface area contributed by atoms with Gasteiger partial charge >= 0.3 is 12.3 Å². The fourth-order valence-electron chi connectivity index (χ4n) is 1.19. The van der Waals surface area contributed by atoms with Crippen molar-refractivity contribution in [3.05, 3.63) is 22.2 Å². The Labute approximate surface area is 90.5 Å². The number of hydrogen-bond donors (Lipinski definition) is 1. The normalized spacial score (nSPS) is 16.5. The summed E-state index contributed by atoms with van der Waals surface area (Å²) in [6.07, 6.45) is -3.81. The van der Waals surface area contributed by atoms with Gasteiger partial charge in [-0.15, -0.1) is 8.78 Å². The Bertz CT molecular complexity index is 447. The lowest BCUT2D eigenvalue weighted by Gasteiger charge is -2.05. The van der Waals surface area contributed by atoms with Crippen molar-refractivity contribution < 1.29 is 28.2 Å². The average Bonchev–Trinajstić information content (AvgIpc) is 2.37. The van der Waals surface area contributed by atoms with Crippen LogP contribution in [0.5, 0.6) is 11.5 Å². The Hall–Kier alpha value is -1.37. The minimum absolute atomic E-state index is 0.148. The van der Waals surface area contributed by atoms with E-state index in [0.717, 1.165) is 0 Å². The molecule has 0 unspecified atom stereocenters. The molecule has 0 spiro atoms. The Kier molecular flexibility index (Phi) is 2.07. The molecule has 0 aliphatic carbocycles. The molecule has 0 saturated heterocycles. The monoisotopic (exact) mass is 280 g/mol. The van der Waals surface area contributed by atoms with Crippen LogP contribution in [-0.2, 0) is 0 Å². The molecule has 0 fully saturated rings. The first kappa shape index (κ1) is 10.2. The van der Waals surface area contributed by atoms with Crippen LogP contribution in [0.1, 0.15) is 10.4 Å². The first-order valence-corrected chi connectivity index (χ1v) is 4.51. The second-order valence-corrected chi connectivity index (χ2v) is 3.58. The Morgan fingerprint density at radius 1 is 1.40 bits per heavy atom. The van der Waals surface area contributed by atoms with Gasteiger partial charge in [0.05, 0.1) is 0 Å². The molecule has 15 heavy (non-hydrogen) atoms. The Morgan fingerprint density at radius 2 is 2.07 bits per heavy atom. The molecule has 0 amide bonds. The third kappa shape index (κ3) is 1.63. The van der Waals surface area contributed by atoms with E-state index in [0.29, 0.717) is 0 Å². The summed E-state index contributed by atoms with van der Waals surface area (Å²) in [6, 6.07) is 2.50. The van der Waals surface area contributed by atoms with Crippen LogP contribution in [0, 0.1) is 0 Å². The molecule has 0 aromatic heterocycles. The van der Waals surface area contributed by atoms with Crippen molar-refractivity contribution in [3.8, 4) is 11.5 Å².